The van der Waals surface area contributed by atoms with Crippen LogP contribution < -0.4 is 5.32 Å². The van der Waals surface area contributed by atoms with Crippen LogP contribution in [0.5, 0.6) is 0 Å². The first-order valence-corrected chi connectivity index (χ1v) is 4.87. The third kappa shape index (κ3) is 2.56. The number of ether oxygens (including phenoxy) is 1. The molecule has 14 heavy (non-hydrogen) atoms. The van der Waals surface area contributed by atoms with Crippen molar-refractivity contribution >= 4 is 0 Å². The van der Waals surface area contributed by atoms with E-state index >= 15 is 0 Å². The predicted octanol–water partition coefficient (Wildman–Crippen LogP) is 0.946. The standard InChI is InChI=1S/C10H19N3O/c1-8(14-4)7-13-9(2)10(5-11-3)6-12-13/h6,8,11H,5,7H2,1-4H3. The van der Waals surface area contributed by atoms with Crippen LogP contribution >= 0.6 is 0 Å². The molecule has 1 heterocycles. The van der Waals surface area contributed by atoms with E-state index in [9.17, 15) is 0 Å². The van der Waals surface area contributed by atoms with Gasteiger partial charge in [-0.25, -0.2) is 0 Å². The van der Waals surface area contributed by atoms with Gasteiger partial charge in [-0.05, 0) is 20.9 Å². The van der Waals surface area contributed by atoms with E-state index in [1.807, 2.05) is 24.9 Å². The summed E-state index contributed by atoms with van der Waals surface area (Å²) in [4.78, 5) is 0. The lowest BCUT2D eigenvalue weighted by Crippen LogP contribution is -2.17. The van der Waals surface area contributed by atoms with Crippen molar-refractivity contribution in [2.75, 3.05) is 14.2 Å². The number of methoxy groups -OCH3 is 1. The van der Waals surface area contributed by atoms with Gasteiger partial charge in [0.2, 0.25) is 0 Å². The summed E-state index contributed by atoms with van der Waals surface area (Å²) >= 11 is 0. The van der Waals surface area contributed by atoms with Crippen molar-refractivity contribution in [2.24, 2.45) is 0 Å². The molecule has 1 rings (SSSR count). The van der Waals surface area contributed by atoms with Gasteiger partial charge < -0.3 is 10.1 Å². The highest BCUT2D eigenvalue weighted by Crippen LogP contribution is 2.07. The van der Waals surface area contributed by atoms with Crippen LogP contribution in [0.3, 0.4) is 0 Å². The highest BCUT2D eigenvalue weighted by molar-refractivity contribution is 5.15. The summed E-state index contributed by atoms with van der Waals surface area (Å²) in [5.74, 6) is 0. The summed E-state index contributed by atoms with van der Waals surface area (Å²) in [7, 11) is 3.66. The lowest BCUT2D eigenvalue weighted by atomic mass is 10.2. The summed E-state index contributed by atoms with van der Waals surface area (Å²) in [5, 5.41) is 7.44. The van der Waals surface area contributed by atoms with Crippen LogP contribution in [0.4, 0.5) is 0 Å². The van der Waals surface area contributed by atoms with Gasteiger partial charge in [-0.2, -0.15) is 5.10 Å². The first-order chi connectivity index (χ1) is 6.69. The number of hydrogen-bond acceptors (Lipinski definition) is 3. The van der Waals surface area contributed by atoms with Crippen LogP contribution in [-0.4, -0.2) is 30.0 Å². The van der Waals surface area contributed by atoms with Crippen molar-refractivity contribution < 1.29 is 4.74 Å². The Morgan fingerprint density at radius 3 is 2.93 bits per heavy atom. The molecule has 0 bridgehead atoms. The minimum absolute atomic E-state index is 0.205. The van der Waals surface area contributed by atoms with E-state index in [1.54, 1.807) is 7.11 Å². The molecule has 1 atom stereocenters. The summed E-state index contributed by atoms with van der Waals surface area (Å²) < 4.78 is 7.19. The molecule has 0 aromatic carbocycles. The van der Waals surface area contributed by atoms with Gasteiger partial charge in [0.15, 0.2) is 0 Å². The molecular formula is C10H19N3O. The Labute approximate surface area is 85.3 Å². The van der Waals surface area contributed by atoms with Gasteiger partial charge in [0.1, 0.15) is 0 Å². The Kier molecular flexibility index (Phi) is 4.10. The molecule has 0 saturated heterocycles. The van der Waals surface area contributed by atoms with Gasteiger partial charge in [0.05, 0.1) is 18.8 Å². The first-order valence-electron chi connectivity index (χ1n) is 4.87. The molecule has 0 saturated carbocycles. The van der Waals surface area contributed by atoms with Crippen LogP contribution in [0.2, 0.25) is 0 Å². The Hall–Kier alpha value is -0.870. The second kappa shape index (κ2) is 5.12. The van der Waals surface area contributed by atoms with Gasteiger partial charge in [0, 0.05) is 24.9 Å². The minimum Gasteiger partial charge on any atom is -0.380 e. The van der Waals surface area contributed by atoms with Crippen LogP contribution in [0, 0.1) is 6.92 Å². The largest absolute Gasteiger partial charge is 0.380 e. The highest BCUT2D eigenvalue weighted by atomic mass is 16.5. The average molecular weight is 197 g/mol. The average Bonchev–Trinajstić information content (AvgIpc) is 2.50. The number of nitrogens with one attached hydrogen (secondary N) is 1. The fourth-order valence-corrected chi connectivity index (χ4v) is 1.35. The second-order valence-electron chi connectivity index (χ2n) is 3.51. The van der Waals surface area contributed by atoms with Crippen molar-refractivity contribution in [3.63, 3.8) is 0 Å². The summed E-state index contributed by atoms with van der Waals surface area (Å²) in [5.41, 5.74) is 2.46. The molecule has 1 N–H and O–H groups in total. The van der Waals surface area contributed by atoms with Gasteiger partial charge in [0.25, 0.3) is 0 Å². The Balaban J connectivity index is 2.69. The molecule has 0 spiro atoms. The van der Waals surface area contributed by atoms with Gasteiger partial charge in [-0.15, -0.1) is 0 Å². The topological polar surface area (TPSA) is 39.1 Å². The van der Waals surface area contributed by atoms with E-state index in [0.717, 1.165) is 13.1 Å². The van der Waals surface area contributed by atoms with Crippen molar-refractivity contribution in [3.8, 4) is 0 Å². The number of hydrogen-bond donors (Lipinski definition) is 1. The van der Waals surface area contributed by atoms with Gasteiger partial charge in [-0.1, -0.05) is 0 Å². The molecule has 0 fully saturated rings. The molecule has 0 aliphatic heterocycles. The third-order valence-corrected chi connectivity index (χ3v) is 2.40. The molecule has 1 unspecified atom stereocenters. The smallest absolute Gasteiger partial charge is 0.0739 e. The quantitative estimate of drug-likeness (QED) is 0.763. The lowest BCUT2D eigenvalue weighted by Gasteiger charge is -2.11. The molecule has 0 aliphatic rings. The molecule has 0 aliphatic carbocycles. The van der Waals surface area contributed by atoms with E-state index < -0.39 is 0 Å². The fraction of sp³-hybridized carbons (Fsp3) is 0.700. The van der Waals surface area contributed by atoms with Crippen LogP contribution in [0.25, 0.3) is 0 Å². The molecule has 1 aromatic rings. The van der Waals surface area contributed by atoms with E-state index in [-0.39, 0.29) is 6.10 Å². The van der Waals surface area contributed by atoms with E-state index in [1.165, 1.54) is 11.3 Å². The van der Waals surface area contributed by atoms with Crippen molar-refractivity contribution in [1.82, 2.24) is 15.1 Å². The Morgan fingerprint density at radius 1 is 1.64 bits per heavy atom. The zero-order valence-corrected chi connectivity index (χ0v) is 9.37. The molecule has 0 amide bonds. The Bertz CT molecular complexity index is 283. The third-order valence-electron chi connectivity index (χ3n) is 2.40. The maximum absolute atomic E-state index is 5.20. The zero-order valence-electron chi connectivity index (χ0n) is 9.37. The molecule has 4 heteroatoms. The van der Waals surface area contributed by atoms with Gasteiger partial charge >= 0.3 is 0 Å². The predicted molar refractivity (Wildman–Crippen MR) is 56.2 cm³/mol. The summed E-state index contributed by atoms with van der Waals surface area (Å²) in [6.45, 7) is 5.81. The van der Waals surface area contributed by atoms with E-state index in [2.05, 4.69) is 17.3 Å². The number of aromatic nitrogens is 2. The molecule has 1 aromatic heterocycles. The number of rotatable bonds is 5. The molecule has 0 radical (unpaired) electrons. The fourth-order valence-electron chi connectivity index (χ4n) is 1.35. The Morgan fingerprint density at radius 2 is 2.36 bits per heavy atom. The zero-order chi connectivity index (χ0) is 10.6. The summed E-state index contributed by atoms with van der Waals surface area (Å²) in [6.07, 6.45) is 2.12. The lowest BCUT2D eigenvalue weighted by molar-refractivity contribution is 0.0992. The van der Waals surface area contributed by atoms with E-state index in [4.69, 9.17) is 4.74 Å². The highest BCUT2D eigenvalue weighted by Gasteiger charge is 2.08. The van der Waals surface area contributed by atoms with Crippen LogP contribution in [0.15, 0.2) is 6.20 Å². The van der Waals surface area contributed by atoms with Crippen LogP contribution in [0.1, 0.15) is 18.2 Å². The maximum Gasteiger partial charge on any atom is 0.0739 e. The van der Waals surface area contributed by atoms with Gasteiger partial charge in [-0.3, -0.25) is 4.68 Å². The molecule has 4 nitrogen and oxygen atoms in total. The molecule has 80 valence electrons. The van der Waals surface area contributed by atoms with Crippen LogP contribution in [-0.2, 0) is 17.8 Å². The molecular weight excluding hydrogens is 178 g/mol. The van der Waals surface area contributed by atoms with Crippen molar-refractivity contribution in [1.29, 1.82) is 0 Å². The second-order valence-corrected chi connectivity index (χ2v) is 3.51. The summed E-state index contributed by atoms with van der Waals surface area (Å²) in [6, 6.07) is 0. The number of nitrogens with zero attached hydrogens (tertiary/aromatic N) is 2. The SMILES string of the molecule is CNCc1cnn(CC(C)OC)c1C. The monoisotopic (exact) mass is 197 g/mol. The van der Waals surface area contributed by atoms with E-state index in [0.29, 0.717) is 0 Å². The van der Waals surface area contributed by atoms with Crippen molar-refractivity contribution in [2.45, 2.75) is 33.0 Å². The minimum atomic E-state index is 0.205. The first kappa shape index (κ1) is 11.2. The normalized spacial score (nSPS) is 13.1. The maximum atomic E-state index is 5.20. The van der Waals surface area contributed by atoms with Crippen molar-refractivity contribution in [3.05, 3.63) is 17.5 Å².